The molecule has 1 unspecified atom stereocenters. The van der Waals surface area contributed by atoms with E-state index in [0.29, 0.717) is 12.3 Å². The summed E-state index contributed by atoms with van der Waals surface area (Å²) in [6.45, 7) is 6.32. The van der Waals surface area contributed by atoms with Crippen LogP contribution in [0.3, 0.4) is 0 Å². The third kappa shape index (κ3) is 3.77. The second kappa shape index (κ2) is 6.10. The van der Waals surface area contributed by atoms with Crippen LogP contribution in [0.2, 0.25) is 0 Å². The molecule has 0 bridgehead atoms. The number of hydrogen-bond acceptors (Lipinski definition) is 3. The van der Waals surface area contributed by atoms with Crippen LogP contribution in [0.1, 0.15) is 50.4 Å². The minimum Gasteiger partial charge on any atom is -0.313 e. The molecule has 2 nitrogen and oxygen atoms in total. The Morgan fingerprint density at radius 3 is 2.76 bits per heavy atom. The first-order valence-electron chi connectivity index (χ1n) is 6.05. The fourth-order valence-corrected chi connectivity index (χ4v) is 2.52. The molecule has 0 fully saturated rings. The lowest BCUT2D eigenvalue weighted by atomic mass is 9.75. The van der Waals surface area contributed by atoms with Crippen molar-refractivity contribution >= 4 is 23.3 Å². The molecular formula is C14H21NOS. The van der Waals surface area contributed by atoms with Gasteiger partial charge in [0.05, 0.1) is 0 Å². The molecule has 17 heavy (non-hydrogen) atoms. The lowest BCUT2D eigenvalue weighted by Crippen LogP contribution is -2.28. The van der Waals surface area contributed by atoms with Crippen LogP contribution < -0.4 is 0 Å². The average molecular weight is 251 g/mol. The van der Waals surface area contributed by atoms with Gasteiger partial charge in [-0.3, -0.25) is 4.79 Å². The van der Waals surface area contributed by atoms with E-state index in [1.54, 1.807) is 11.3 Å². The van der Waals surface area contributed by atoms with Crippen molar-refractivity contribution in [1.82, 2.24) is 0 Å². The van der Waals surface area contributed by atoms with Gasteiger partial charge in [0.1, 0.15) is 0 Å². The summed E-state index contributed by atoms with van der Waals surface area (Å²) >= 11 is 1.55. The highest BCUT2D eigenvalue weighted by Gasteiger charge is 2.32. The number of Topliss-reactive ketones (excluding diaryl/α,β-unsaturated/α-hetero) is 1. The second-order valence-corrected chi connectivity index (χ2v) is 6.02. The molecule has 0 amide bonds. The van der Waals surface area contributed by atoms with E-state index in [2.05, 4.69) is 13.8 Å². The van der Waals surface area contributed by atoms with Crippen LogP contribution >= 0.6 is 11.3 Å². The summed E-state index contributed by atoms with van der Waals surface area (Å²) < 4.78 is 0. The van der Waals surface area contributed by atoms with Crippen LogP contribution in [-0.4, -0.2) is 12.0 Å². The maximum atomic E-state index is 12.4. The van der Waals surface area contributed by atoms with Crippen LogP contribution in [0.15, 0.2) is 16.8 Å². The minimum atomic E-state index is -0.410. The third-order valence-corrected chi connectivity index (χ3v) is 3.84. The maximum absolute atomic E-state index is 12.4. The molecule has 0 aliphatic carbocycles. The Kier molecular flexibility index (Phi) is 5.06. The Labute approximate surface area is 108 Å². The first-order chi connectivity index (χ1) is 7.99. The molecule has 1 aromatic rings. The van der Waals surface area contributed by atoms with Gasteiger partial charge in [-0.25, -0.2) is 0 Å². The van der Waals surface area contributed by atoms with Crippen molar-refractivity contribution < 1.29 is 4.79 Å². The topological polar surface area (TPSA) is 40.9 Å². The summed E-state index contributed by atoms with van der Waals surface area (Å²) in [4.78, 5) is 12.4. The van der Waals surface area contributed by atoms with E-state index in [-0.39, 0.29) is 5.78 Å². The van der Waals surface area contributed by atoms with Crippen molar-refractivity contribution in [2.45, 2.75) is 40.0 Å². The summed E-state index contributed by atoms with van der Waals surface area (Å²) in [5, 5.41) is 11.1. The normalized spacial score (nSPS) is 14.6. The molecule has 0 aromatic carbocycles. The average Bonchev–Trinajstić information content (AvgIpc) is 2.79. The zero-order chi connectivity index (χ0) is 12.9. The molecule has 1 aromatic heterocycles. The van der Waals surface area contributed by atoms with Crippen molar-refractivity contribution in [1.29, 1.82) is 5.41 Å². The summed E-state index contributed by atoms with van der Waals surface area (Å²) in [6, 6.07) is 1.88. The van der Waals surface area contributed by atoms with Crippen LogP contribution in [0.4, 0.5) is 0 Å². The van der Waals surface area contributed by atoms with E-state index in [9.17, 15) is 4.79 Å². The summed E-state index contributed by atoms with van der Waals surface area (Å²) in [6.07, 6.45) is 3.79. The zero-order valence-corrected chi connectivity index (χ0v) is 11.6. The number of carbonyl (C=O) groups is 1. The third-order valence-electron chi connectivity index (χ3n) is 3.16. The molecule has 3 heteroatoms. The molecule has 1 rings (SSSR count). The van der Waals surface area contributed by atoms with Gasteiger partial charge < -0.3 is 5.41 Å². The SMILES string of the molecule is CC(C)CCC(C)(CC=N)C(=O)c1ccsc1. The Hall–Kier alpha value is -0.960. The van der Waals surface area contributed by atoms with Gasteiger partial charge in [0.2, 0.25) is 0 Å². The van der Waals surface area contributed by atoms with Crippen LogP contribution in [0.25, 0.3) is 0 Å². The van der Waals surface area contributed by atoms with Crippen LogP contribution in [0.5, 0.6) is 0 Å². The predicted molar refractivity (Wildman–Crippen MR) is 74.2 cm³/mol. The van der Waals surface area contributed by atoms with Crippen molar-refractivity contribution in [3.63, 3.8) is 0 Å². The monoisotopic (exact) mass is 251 g/mol. The van der Waals surface area contributed by atoms with Gasteiger partial charge in [-0.2, -0.15) is 11.3 Å². The summed E-state index contributed by atoms with van der Waals surface area (Å²) in [5.41, 5.74) is 0.385. The van der Waals surface area contributed by atoms with Gasteiger partial charge in [-0.15, -0.1) is 0 Å². The smallest absolute Gasteiger partial charge is 0.169 e. The Morgan fingerprint density at radius 2 is 2.29 bits per heavy atom. The van der Waals surface area contributed by atoms with Gasteiger partial charge in [0, 0.05) is 16.4 Å². The van der Waals surface area contributed by atoms with Crippen molar-refractivity contribution in [2.75, 3.05) is 0 Å². The Balaban J connectivity index is 2.83. The first kappa shape index (κ1) is 14.1. The molecule has 1 heterocycles. The highest BCUT2D eigenvalue weighted by atomic mass is 32.1. The number of nitrogens with one attached hydrogen (secondary N) is 1. The van der Waals surface area contributed by atoms with Gasteiger partial charge in [0.15, 0.2) is 5.78 Å². The number of rotatable bonds is 7. The lowest BCUT2D eigenvalue weighted by molar-refractivity contribution is 0.0804. The standard InChI is InChI=1S/C14H21NOS/c1-11(2)4-6-14(3,7-8-15)13(16)12-5-9-17-10-12/h5,8-11,15H,4,6-7H2,1-3H3. The van der Waals surface area contributed by atoms with E-state index < -0.39 is 5.41 Å². The second-order valence-electron chi connectivity index (χ2n) is 5.24. The van der Waals surface area contributed by atoms with Crippen LogP contribution in [0, 0.1) is 16.7 Å². The summed E-state index contributed by atoms with van der Waals surface area (Å²) in [5.74, 6) is 0.776. The molecule has 1 N–H and O–H groups in total. The van der Waals surface area contributed by atoms with Crippen LogP contribution in [-0.2, 0) is 0 Å². The highest BCUT2D eigenvalue weighted by molar-refractivity contribution is 7.08. The minimum absolute atomic E-state index is 0.183. The fourth-order valence-electron chi connectivity index (χ4n) is 1.88. The largest absolute Gasteiger partial charge is 0.313 e. The number of hydrogen-bond donors (Lipinski definition) is 1. The van der Waals surface area contributed by atoms with Gasteiger partial charge >= 0.3 is 0 Å². The van der Waals surface area contributed by atoms with Crippen molar-refractivity contribution in [3.8, 4) is 0 Å². The molecule has 0 aliphatic heterocycles. The molecule has 0 saturated carbocycles. The first-order valence-corrected chi connectivity index (χ1v) is 7.00. The van der Waals surface area contributed by atoms with Gasteiger partial charge in [-0.05, 0) is 36.4 Å². The van der Waals surface area contributed by atoms with Gasteiger partial charge in [-0.1, -0.05) is 27.2 Å². The summed E-state index contributed by atoms with van der Waals surface area (Å²) in [7, 11) is 0. The Morgan fingerprint density at radius 1 is 1.59 bits per heavy atom. The molecule has 0 radical (unpaired) electrons. The van der Waals surface area contributed by atoms with E-state index in [0.717, 1.165) is 18.4 Å². The van der Waals surface area contributed by atoms with Crippen molar-refractivity contribution in [2.24, 2.45) is 11.3 Å². The zero-order valence-electron chi connectivity index (χ0n) is 10.8. The molecule has 0 saturated heterocycles. The number of thiophene rings is 1. The van der Waals surface area contributed by atoms with E-state index in [4.69, 9.17) is 5.41 Å². The molecule has 0 spiro atoms. The lowest BCUT2D eigenvalue weighted by Gasteiger charge is -2.27. The van der Waals surface area contributed by atoms with Gasteiger partial charge in [0.25, 0.3) is 0 Å². The Bertz CT molecular complexity index is 370. The maximum Gasteiger partial charge on any atom is 0.169 e. The number of ketones is 1. The van der Waals surface area contributed by atoms with E-state index >= 15 is 0 Å². The predicted octanol–water partition coefficient (Wildman–Crippen LogP) is 4.41. The molecular weight excluding hydrogens is 230 g/mol. The molecule has 0 aliphatic rings. The number of carbonyl (C=O) groups excluding carboxylic acids is 1. The van der Waals surface area contributed by atoms with E-state index in [1.807, 2.05) is 23.8 Å². The van der Waals surface area contributed by atoms with E-state index in [1.165, 1.54) is 6.21 Å². The molecule has 1 atom stereocenters. The highest BCUT2D eigenvalue weighted by Crippen LogP contribution is 2.33. The van der Waals surface area contributed by atoms with Crippen molar-refractivity contribution in [3.05, 3.63) is 22.4 Å². The molecule has 94 valence electrons. The quantitative estimate of drug-likeness (QED) is 0.566. The fraction of sp³-hybridized carbons (Fsp3) is 0.571.